The van der Waals surface area contributed by atoms with E-state index < -0.39 is 0 Å². The maximum Gasteiger partial charge on any atom is 0.145 e. The molecule has 4 heteroatoms. The van der Waals surface area contributed by atoms with E-state index in [2.05, 4.69) is 42.2 Å². The van der Waals surface area contributed by atoms with Crippen LogP contribution in [0.15, 0.2) is 6.33 Å². The molecule has 0 amide bonds. The number of aryl methyl sites for hydroxylation is 1. The Morgan fingerprint density at radius 2 is 2.00 bits per heavy atom. The molecule has 0 aliphatic heterocycles. The van der Waals surface area contributed by atoms with Crippen molar-refractivity contribution in [1.82, 2.24) is 14.5 Å². The van der Waals surface area contributed by atoms with Gasteiger partial charge in [-0.2, -0.15) is 0 Å². The third-order valence-corrected chi connectivity index (χ3v) is 2.98. The van der Waals surface area contributed by atoms with E-state index in [4.69, 9.17) is 5.73 Å². The number of nitrogens with zero attached hydrogens (tertiary/aromatic N) is 3. The molecule has 0 atom stereocenters. The monoisotopic (exact) mass is 218 g/mol. The normalized spacial score (nSPS) is 11.6. The average molecular weight is 218 g/mol. The summed E-state index contributed by atoms with van der Waals surface area (Å²) >= 11 is 0. The molecule has 86 valence electrons. The Morgan fingerprint density at radius 3 is 2.62 bits per heavy atom. The van der Waals surface area contributed by atoms with Crippen molar-refractivity contribution in [3.05, 3.63) is 17.6 Å². The number of hydrogen-bond donors (Lipinski definition) is 1. The summed E-state index contributed by atoms with van der Waals surface area (Å²) < 4.78 is 2.23. The number of anilines is 1. The van der Waals surface area contributed by atoms with Crippen LogP contribution in [0, 0.1) is 19.8 Å². The molecule has 0 unspecified atom stereocenters. The smallest absolute Gasteiger partial charge is 0.145 e. The molecule has 0 spiro atoms. The fraction of sp³-hybridized carbons (Fsp3) is 0.500. The largest absolute Gasteiger partial charge is 0.383 e. The lowest BCUT2D eigenvalue weighted by Crippen LogP contribution is -2.07. The van der Waals surface area contributed by atoms with Crippen molar-refractivity contribution in [2.75, 3.05) is 5.73 Å². The van der Waals surface area contributed by atoms with Gasteiger partial charge in [0, 0.05) is 12.2 Å². The van der Waals surface area contributed by atoms with Gasteiger partial charge >= 0.3 is 0 Å². The number of rotatable bonds is 2. The van der Waals surface area contributed by atoms with E-state index in [1.807, 2.05) is 0 Å². The minimum atomic E-state index is 0.577. The molecule has 2 rings (SSSR count). The van der Waals surface area contributed by atoms with Crippen molar-refractivity contribution in [2.45, 2.75) is 34.2 Å². The summed E-state index contributed by atoms with van der Waals surface area (Å²) in [5.74, 6) is 1.16. The highest BCUT2D eigenvalue weighted by atomic mass is 15.1. The molecule has 16 heavy (non-hydrogen) atoms. The van der Waals surface area contributed by atoms with Crippen LogP contribution in [0.3, 0.4) is 0 Å². The Labute approximate surface area is 95.5 Å². The molecule has 0 saturated carbocycles. The Kier molecular flexibility index (Phi) is 2.58. The first-order valence-electron chi connectivity index (χ1n) is 5.58. The van der Waals surface area contributed by atoms with Gasteiger partial charge in [0.2, 0.25) is 0 Å². The summed E-state index contributed by atoms with van der Waals surface area (Å²) in [6.07, 6.45) is 1.54. The van der Waals surface area contributed by atoms with Crippen LogP contribution < -0.4 is 5.73 Å². The molecule has 2 N–H and O–H groups in total. The summed E-state index contributed by atoms with van der Waals surface area (Å²) in [4.78, 5) is 8.40. The van der Waals surface area contributed by atoms with Crippen LogP contribution in [0.4, 0.5) is 5.82 Å². The lowest BCUT2D eigenvalue weighted by Gasteiger charge is -2.10. The zero-order valence-corrected chi connectivity index (χ0v) is 10.3. The molecule has 0 aliphatic rings. The summed E-state index contributed by atoms with van der Waals surface area (Å²) in [5.41, 5.74) is 9.28. The van der Waals surface area contributed by atoms with Crippen molar-refractivity contribution < 1.29 is 0 Å². The number of nitrogen functional groups attached to an aromatic ring is 1. The Bertz CT molecular complexity index is 525. The molecule has 2 aromatic heterocycles. The summed E-state index contributed by atoms with van der Waals surface area (Å²) in [6.45, 7) is 9.55. The molecule has 0 aliphatic carbocycles. The fourth-order valence-corrected chi connectivity index (χ4v) is 2.08. The van der Waals surface area contributed by atoms with Gasteiger partial charge in [-0.1, -0.05) is 13.8 Å². The highest BCUT2D eigenvalue weighted by Gasteiger charge is 2.15. The van der Waals surface area contributed by atoms with Crippen LogP contribution in [-0.4, -0.2) is 14.5 Å². The molecular formula is C12H18N4. The van der Waals surface area contributed by atoms with Gasteiger partial charge in [-0.25, -0.2) is 9.97 Å². The molecule has 0 bridgehead atoms. The molecular weight excluding hydrogens is 200 g/mol. The second-order valence-electron chi connectivity index (χ2n) is 4.67. The van der Waals surface area contributed by atoms with Crippen LogP contribution in [0.1, 0.15) is 25.1 Å². The SMILES string of the molecule is Cc1c(C)n(CC(C)C)c2ncnc(N)c12. The number of nitrogens with two attached hydrogens (primary N) is 1. The molecule has 2 aromatic rings. The highest BCUT2D eigenvalue weighted by molar-refractivity contribution is 5.90. The Balaban J connectivity index is 2.74. The summed E-state index contributed by atoms with van der Waals surface area (Å²) in [6, 6.07) is 0. The Morgan fingerprint density at radius 1 is 1.31 bits per heavy atom. The first-order chi connectivity index (χ1) is 7.52. The van der Waals surface area contributed by atoms with Crippen LogP contribution in [0.25, 0.3) is 11.0 Å². The molecule has 2 heterocycles. The molecule has 0 fully saturated rings. The van der Waals surface area contributed by atoms with Gasteiger partial charge in [0.25, 0.3) is 0 Å². The van der Waals surface area contributed by atoms with E-state index >= 15 is 0 Å². The number of hydrogen-bond acceptors (Lipinski definition) is 3. The van der Waals surface area contributed by atoms with Crippen molar-refractivity contribution in [2.24, 2.45) is 5.92 Å². The lowest BCUT2D eigenvalue weighted by molar-refractivity contribution is 0.524. The second-order valence-corrected chi connectivity index (χ2v) is 4.67. The van der Waals surface area contributed by atoms with Crippen molar-refractivity contribution in [3.8, 4) is 0 Å². The maximum absolute atomic E-state index is 5.91. The quantitative estimate of drug-likeness (QED) is 0.841. The molecule has 0 saturated heterocycles. The first-order valence-corrected chi connectivity index (χ1v) is 5.58. The van der Waals surface area contributed by atoms with Gasteiger partial charge < -0.3 is 10.3 Å². The van der Waals surface area contributed by atoms with Crippen LogP contribution in [0.2, 0.25) is 0 Å². The zero-order chi connectivity index (χ0) is 11.9. The predicted molar refractivity (Wildman–Crippen MR) is 66.3 cm³/mol. The zero-order valence-electron chi connectivity index (χ0n) is 10.3. The minimum Gasteiger partial charge on any atom is -0.383 e. The van der Waals surface area contributed by atoms with Crippen molar-refractivity contribution in [1.29, 1.82) is 0 Å². The van der Waals surface area contributed by atoms with E-state index in [1.165, 1.54) is 17.6 Å². The van der Waals surface area contributed by atoms with Gasteiger partial charge in [0.15, 0.2) is 0 Å². The maximum atomic E-state index is 5.91. The lowest BCUT2D eigenvalue weighted by atomic mass is 10.2. The van der Waals surface area contributed by atoms with Crippen molar-refractivity contribution in [3.63, 3.8) is 0 Å². The molecule has 0 radical (unpaired) electrons. The average Bonchev–Trinajstić information content (AvgIpc) is 2.44. The third-order valence-electron chi connectivity index (χ3n) is 2.98. The fourth-order valence-electron chi connectivity index (χ4n) is 2.08. The van der Waals surface area contributed by atoms with E-state index in [1.54, 1.807) is 0 Å². The van der Waals surface area contributed by atoms with Gasteiger partial charge in [-0.15, -0.1) is 0 Å². The minimum absolute atomic E-state index is 0.577. The topological polar surface area (TPSA) is 56.7 Å². The molecule has 4 nitrogen and oxygen atoms in total. The second kappa shape index (κ2) is 3.77. The van der Waals surface area contributed by atoms with Crippen LogP contribution in [0.5, 0.6) is 0 Å². The van der Waals surface area contributed by atoms with E-state index in [9.17, 15) is 0 Å². The van der Waals surface area contributed by atoms with E-state index in [0.29, 0.717) is 11.7 Å². The molecule has 0 aromatic carbocycles. The highest BCUT2D eigenvalue weighted by Crippen LogP contribution is 2.27. The van der Waals surface area contributed by atoms with Crippen LogP contribution in [-0.2, 0) is 6.54 Å². The Hall–Kier alpha value is -1.58. The van der Waals surface area contributed by atoms with E-state index in [-0.39, 0.29) is 0 Å². The predicted octanol–water partition coefficient (Wildman–Crippen LogP) is 2.29. The standard InChI is InChI=1S/C12H18N4/c1-7(2)5-16-9(4)8(3)10-11(13)14-6-15-12(10)16/h6-7H,5H2,1-4H3,(H2,13,14,15). The van der Waals surface area contributed by atoms with E-state index in [0.717, 1.165) is 17.6 Å². The van der Waals surface area contributed by atoms with Crippen LogP contribution >= 0.6 is 0 Å². The van der Waals surface area contributed by atoms with Crippen molar-refractivity contribution >= 4 is 16.9 Å². The number of aromatic nitrogens is 3. The number of fused-ring (bicyclic) bond motifs is 1. The van der Waals surface area contributed by atoms with Gasteiger partial charge in [-0.3, -0.25) is 0 Å². The van der Waals surface area contributed by atoms with Gasteiger partial charge in [-0.05, 0) is 25.3 Å². The first kappa shape index (κ1) is 10.9. The summed E-state index contributed by atoms with van der Waals surface area (Å²) in [7, 11) is 0. The van der Waals surface area contributed by atoms with Gasteiger partial charge in [0.05, 0.1) is 5.39 Å². The third kappa shape index (κ3) is 1.54. The summed E-state index contributed by atoms with van der Waals surface area (Å²) in [5, 5.41) is 1.00. The van der Waals surface area contributed by atoms with Gasteiger partial charge in [0.1, 0.15) is 17.8 Å².